The van der Waals surface area contributed by atoms with Gasteiger partial charge in [-0.2, -0.15) is 0 Å². The van der Waals surface area contributed by atoms with Crippen molar-refractivity contribution in [2.45, 2.75) is 12.8 Å². The number of hydrogen-bond donors (Lipinski definition) is 0. The molecule has 0 radical (unpaired) electrons. The Labute approximate surface area is 140 Å². The normalized spacial score (nSPS) is 11.0. The SMILES string of the molecule is Cn1cc(-c2ccncc2)nc1CCc1cnc2ccccc2n1. The summed E-state index contributed by atoms with van der Waals surface area (Å²) >= 11 is 0. The summed E-state index contributed by atoms with van der Waals surface area (Å²) in [5.41, 5.74) is 4.91. The Morgan fingerprint density at radius 1 is 0.917 bits per heavy atom. The molecular weight excluding hydrogens is 298 g/mol. The van der Waals surface area contributed by atoms with E-state index in [1.54, 1.807) is 12.4 Å². The van der Waals surface area contributed by atoms with Gasteiger partial charge in [0.2, 0.25) is 0 Å². The maximum atomic E-state index is 4.74. The predicted octanol–water partition coefficient (Wildman–Crippen LogP) is 3.21. The maximum absolute atomic E-state index is 4.74. The van der Waals surface area contributed by atoms with E-state index in [1.807, 2.05) is 49.6 Å². The quantitative estimate of drug-likeness (QED) is 0.580. The summed E-state index contributed by atoms with van der Waals surface area (Å²) in [5.74, 6) is 1.04. The third kappa shape index (κ3) is 2.88. The molecule has 24 heavy (non-hydrogen) atoms. The Bertz CT molecular complexity index is 975. The lowest BCUT2D eigenvalue weighted by atomic mass is 10.2. The number of rotatable bonds is 4. The molecule has 0 saturated carbocycles. The number of hydrogen-bond acceptors (Lipinski definition) is 4. The molecule has 0 atom stereocenters. The molecule has 5 heteroatoms. The van der Waals surface area contributed by atoms with Crippen LogP contribution >= 0.6 is 0 Å². The number of benzene rings is 1. The maximum Gasteiger partial charge on any atom is 0.109 e. The molecule has 0 fully saturated rings. The number of imidazole rings is 1. The number of aryl methyl sites for hydroxylation is 3. The second kappa shape index (κ2) is 6.20. The highest BCUT2D eigenvalue weighted by atomic mass is 15.0. The fourth-order valence-electron chi connectivity index (χ4n) is 2.75. The predicted molar refractivity (Wildman–Crippen MR) is 93.4 cm³/mol. The summed E-state index contributed by atoms with van der Waals surface area (Å²) in [6, 6.07) is 11.9. The Hall–Kier alpha value is -3.08. The molecule has 0 amide bonds. The first kappa shape index (κ1) is 14.5. The van der Waals surface area contributed by atoms with Crippen LogP contribution in [0.15, 0.2) is 61.2 Å². The van der Waals surface area contributed by atoms with E-state index in [1.165, 1.54) is 0 Å². The van der Waals surface area contributed by atoms with Crippen LogP contribution in [0.25, 0.3) is 22.3 Å². The van der Waals surface area contributed by atoms with Crippen molar-refractivity contribution in [3.05, 3.63) is 72.7 Å². The van der Waals surface area contributed by atoms with Gasteiger partial charge in [-0.15, -0.1) is 0 Å². The van der Waals surface area contributed by atoms with E-state index in [0.717, 1.165) is 46.7 Å². The summed E-state index contributed by atoms with van der Waals surface area (Å²) in [6.07, 6.45) is 9.13. The molecule has 0 aliphatic heterocycles. The van der Waals surface area contributed by atoms with Crippen molar-refractivity contribution in [2.75, 3.05) is 0 Å². The van der Waals surface area contributed by atoms with Gasteiger partial charge in [-0.1, -0.05) is 12.1 Å². The molecule has 0 N–H and O–H groups in total. The molecule has 0 spiro atoms. The standard InChI is InChI=1S/C19H17N5/c1-24-13-18(14-8-10-20-11-9-14)23-19(24)7-6-15-12-21-16-4-2-3-5-17(16)22-15/h2-5,8-13H,6-7H2,1H3. The minimum Gasteiger partial charge on any atom is -0.337 e. The van der Waals surface area contributed by atoms with Crippen LogP contribution in [-0.2, 0) is 19.9 Å². The molecular formula is C19H17N5. The second-order valence-corrected chi connectivity index (χ2v) is 5.74. The van der Waals surface area contributed by atoms with E-state index in [-0.39, 0.29) is 0 Å². The molecule has 3 aromatic heterocycles. The highest BCUT2D eigenvalue weighted by Crippen LogP contribution is 2.18. The van der Waals surface area contributed by atoms with E-state index in [2.05, 4.69) is 25.7 Å². The van der Waals surface area contributed by atoms with E-state index >= 15 is 0 Å². The first-order chi connectivity index (χ1) is 11.8. The molecule has 1 aromatic carbocycles. The van der Waals surface area contributed by atoms with Gasteiger partial charge in [0.25, 0.3) is 0 Å². The van der Waals surface area contributed by atoms with Crippen molar-refractivity contribution in [1.29, 1.82) is 0 Å². The number of fused-ring (bicyclic) bond motifs is 1. The highest BCUT2D eigenvalue weighted by molar-refractivity contribution is 5.73. The van der Waals surface area contributed by atoms with Crippen molar-refractivity contribution in [3.63, 3.8) is 0 Å². The third-order valence-corrected chi connectivity index (χ3v) is 4.05. The molecule has 0 bridgehead atoms. The first-order valence-corrected chi connectivity index (χ1v) is 7.93. The number of pyridine rings is 1. The van der Waals surface area contributed by atoms with Crippen LogP contribution in [-0.4, -0.2) is 24.5 Å². The van der Waals surface area contributed by atoms with Crippen molar-refractivity contribution < 1.29 is 0 Å². The van der Waals surface area contributed by atoms with E-state index in [4.69, 9.17) is 4.98 Å². The zero-order valence-corrected chi connectivity index (χ0v) is 13.4. The molecule has 4 rings (SSSR count). The minimum absolute atomic E-state index is 0.818. The van der Waals surface area contributed by atoms with E-state index in [9.17, 15) is 0 Å². The molecule has 4 aromatic rings. The first-order valence-electron chi connectivity index (χ1n) is 7.93. The molecule has 0 aliphatic carbocycles. The average molecular weight is 315 g/mol. The van der Waals surface area contributed by atoms with Crippen molar-refractivity contribution in [1.82, 2.24) is 24.5 Å². The summed E-state index contributed by atoms with van der Waals surface area (Å²) in [4.78, 5) is 17.9. The van der Waals surface area contributed by atoms with Gasteiger partial charge < -0.3 is 4.57 Å². The monoisotopic (exact) mass is 315 g/mol. The summed E-state index contributed by atoms with van der Waals surface area (Å²) in [7, 11) is 2.03. The van der Waals surface area contributed by atoms with Crippen molar-refractivity contribution >= 4 is 11.0 Å². The van der Waals surface area contributed by atoms with Gasteiger partial charge in [-0.25, -0.2) is 9.97 Å². The fourth-order valence-corrected chi connectivity index (χ4v) is 2.75. The molecule has 5 nitrogen and oxygen atoms in total. The largest absolute Gasteiger partial charge is 0.337 e. The van der Waals surface area contributed by atoms with E-state index < -0.39 is 0 Å². The van der Waals surface area contributed by atoms with Crippen LogP contribution < -0.4 is 0 Å². The van der Waals surface area contributed by atoms with Crippen LogP contribution in [0.1, 0.15) is 11.5 Å². The molecule has 3 heterocycles. The Balaban J connectivity index is 1.54. The van der Waals surface area contributed by atoms with Crippen LogP contribution in [0.4, 0.5) is 0 Å². The van der Waals surface area contributed by atoms with Crippen LogP contribution in [0.2, 0.25) is 0 Å². The molecule has 0 aliphatic rings. The molecule has 118 valence electrons. The summed E-state index contributed by atoms with van der Waals surface area (Å²) < 4.78 is 2.07. The van der Waals surface area contributed by atoms with Gasteiger partial charge in [-0.3, -0.25) is 9.97 Å². The number of nitrogens with zero attached hydrogens (tertiary/aromatic N) is 5. The van der Waals surface area contributed by atoms with Crippen molar-refractivity contribution in [3.8, 4) is 11.3 Å². The van der Waals surface area contributed by atoms with Gasteiger partial charge in [0, 0.05) is 43.8 Å². The average Bonchev–Trinajstić information content (AvgIpc) is 3.01. The Morgan fingerprint density at radius 2 is 1.71 bits per heavy atom. The smallest absolute Gasteiger partial charge is 0.109 e. The van der Waals surface area contributed by atoms with Crippen LogP contribution in [0.5, 0.6) is 0 Å². The van der Waals surface area contributed by atoms with Gasteiger partial charge in [-0.05, 0) is 30.7 Å². The third-order valence-electron chi connectivity index (χ3n) is 4.05. The Morgan fingerprint density at radius 3 is 2.54 bits per heavy atom. The lowest BCUT2D eigenvalue weighted by Crippen LogP contribution is -2.02. The van der Waals surface area contributed by atoms with Gasteiger partial charge in [0.15, 0.2) is 0 Å². The van der Waals surface area contributed by atoms with Gasteiger partial charge >= 0.3 is 0 Å². The van der Waals surface area contributed by atoms with Crippen molar-refractivity contribution in [2.24, 2.45) is 7.05 Å². The van der Waals surface area contributed by atoms with Crippen LogP contribution in [0, 0.1) is 0 Å². The zero-order chi connectivity index (χ0) is 16.4. The topological polar surface area (TPSA) is 56.5 Å². The fraction of sp³-hybridized carbons (Fsp3) is 0.158. The highest BCUT2D eigenvalue weighted by Gasteiger charge is 2.08. The van der Waals surface area contributed by atoms with Gasteiger partial charge in [0.05, 0.1) is 22.4 Å². The summed E-state index contributed by atoms with van der Waals surface area (Å²) in [6.45, 7) is 0. The second-order valence-electron chi connectivity index (χ2n) is 5.74. The number of para-hydroxylation sites is 2. The molecule has 0 unspecified atom stereocenters. The van der Waals surface area contributed by atoms with Gasteiger partial charge in [0.1, 0.15) is 5.82 Å². The zero-order valence-electron chi connectivity index (χ0n) is 13.4. The van der Waals surface area contributed by atoms with Crippen LogP contribution in [0.3, 0.4) is 0 Å². The number of aromatic nitrogens is 5. The molecule has 0 saturated heterocycles. The lowest BCUT2D eigenvalue weighted by molar-refractivity contribution is 0.762. The Kier molecular flexibility index (Phi) is 3.75. The lowest BCUT2D eigenvalue weighted by Gasteiger charge is -2.03. The minimum atomic E-state index is 0.818. The summed E-state index contributed by atoms with van der Waals surface area (Å²) in [5, 5.41) is 0. The van der Waals surface area contributed by atoms with E-state index in [0.29, 0.717) is 0 Å².